The van der Waals surface area contributed by atoms with E-state index in [1.807, 2.05) is 26.8 Å². The lowest BCUT2D eigenvalue weighted by Gasteiger charge is -2.14. The number of rotatable bonds is 3. The number of aromatic nitrogens is 2. The van der Waals surface area contributed by atoms with Gasteiger partial charge in [0.15, 0.2) is 0 Å². The lowest BCUT2D eigenvalue weighted by atomic mass is 9.97. The third-order valence-electron chi connectivity index (χ3n) is 3.30. The molecule has 5 nitrogen and oxygen atoms in total. The van der Waals surface area contributed by atoms with Crippen LogP contribution in [0.3, 0.4) is 0 Å². The second-order valence-corrected chi connectivity index (χ2v) is 4.47. The summed E-state index contributed by atoms with van der Waals surface area (Å²) in [6, 6.07) is 1.97. The lowest BCUT2D eigenvalue weighted by molar-refractivity contribution is 0.0685. The minimum absolute atomic E-state index is 0.0551. The van der Waals surface area contributed by atoms with Crippen molar-refractivity contribution in [2.24, 2.45) is 0 Å². The second kappa shape index (κ2) is 4.76. The molecule has 5 heteroatoms. The number of carboxylic acid groups (broad SMARTS) is 1. The van der Waals surface area contributed by atoms with Gasteiger partial charge in [0.25, 0.3) is 0 Å². The van der Waals surface area contributed by atoms with Gasteiger partial charge in [0.1, 0.15) is 5.75 Å². The maximum absolute atomic E-state index is 10.9. The highest BCUT2D eigenvalue weighted by atomic mass is 16.5. The van der Waals surface area contributed by atoms with Gasteiger partial charge in [-0.2, -0.15) is 0 Å². The van der Waals surface area contributed by atoms with E-state index in [-0.39, 0.29) is 5.82 Å². The molecule has 2 N–H and O–H groups in total. The monoisotopic (exact) mass is 260 g/mol. The fourth-order valence-electron chi connectivity index (χ4n) is 2.22. The number of aromatic carboxylic acids is 1. The van der Waals surface area contributed by atoms with E-state index in [4.69, 9.17) is 9.84 Å². The Balaban J connectivity index is 2.59. The van der Waals surface area contributed by atoms with Gasteiger partial charge in [-0.3, -0.25) is 0 Å². The van der Waals surface area contributed by atoms with Crippen molar-refractivity contribution in [1.82, 2.24) is 9.97 Å². The van der Waals surface area contributed by atoms with Crippen LogP contribution in [0.2, 0.25) is 0 Å². The van der Waals surface area contributed by atoms with Crippen LogP contribution in [0.25, 0.3) is 11.3 Å². The Morgan fingerprint density at radius 3 is 2.53 bits per heavy atom. The van der Waals surface area contributed by atoms with Gasteiger partial charge in [-0.25, -0.2) is 9.78 Å². The molecule has 0 spiro atoms. The van der Waals surface area contributed by atoms with Crippen molar-refractivity contribution < 1.29 is 14.6 Å². The molecule has 2 rings (SSSR count). The molecule has 0 aliphatic rings. The largest absolute Gasteiger partial charge is 0.496 e. The predicted molar refractivity (Wildman–Crippen MR) is 71.7 cm³/mol. The van der Waals surface area contributed by atoms with Crippen molar-refractivity contribution >= 4 is 5.97 Å². The summed E-state index contributed by atoms with van der Waals surface area (Å²) < 4.78 is 5.37. The molecule has 0 radical (unpaired) electrons. The summed E-state index contributed by atoms with van der Waals surface area (Å²) in [6.45, 7) is 5.93. The SMILES string of the molecule is COc1c(C)cc(-c2cnc(C(=O)O)[nH]2)c(C)c1C. The Morgan fingerprint density at radius 1 is 1.32 bits per heavy atom. The fourth-order valence-corrected chi connectivity index (χ4v) is 2.22. The topological polar surface area (TPSA) is 75.2 Å². The van der Waals surface area contributed by atoms with Crippen molar-refractivity contribution in [3.05, 3.63) is 34.8 Å². The highest BCUT2D eigenvalue weighted by Crippen LogP contribution is 2.33. The number of aryl methyl sites for hydroxylation is 1. The van der Waals surface area contributed by atoms with Gasteiger partial charge < -0.3 is 14.8 Å². The summed E-state index contributed by atoms with van der Waals surface area (Å²) in [5.41, 5.74) is 4.73. The van der Waals surface area contributed by atoms with E-state index in [0.717, 1.165) is 28.0 Å². The Hall–Kier alpha value is -2.30. The summed E-state index contributed by atoms with van der Waals surface area (Å²) in [7, 11) is 1.65. The number of carbonyl (C=O) groups is 1. The van der Waals surface area contributed by atoms with Crippen molar-refractivity contribution in [1.29, 1.82) is 0 Å². The first-order valence-electron chi connectivity index (χ1n) is 5.89. The number of H-pyrrole nitrogens is 1. The molecule has 0 fully saturated rings. The Morgan fingerprint density at radius 2 is 2.00 bits per heavy atom. The van der Waals surface area contributed by atoms with Crippen LogP contribution in [-0.4, -0.2) is 28.2 Å². The quantitative estimate of drug-likeness (QED) is 0.889. The van der Waals surface area contributed by atoms with E-state index in [9.17, 15) is 4.79 Å². The highest BCUT2D eigenvalue weighted by Gasteiger charge is 2.15. The zero-order valence-corrected chi connectivity index (χ0v) is 11.4. The summed E-state index contributed by atoms with van der Waals surface area (Å²) in [4.78, 5) is 17.5. The Kier molecular flexibility index (Phi) is 3.29. The fraction of sp³-hybridized carbons (Fsp3) is 0.286. The molecule has 100 valence electrons. The first kappa shape index (κ1) is 13.1. The van der Waals surface area contributed by atoms with Gasteiger partial charge in [-0.15, -0.1) is 0 Å². The maximum atomic E-state index is 10.9. The van der Waals surface area contributed by atoms with Crippen LogP contribution in [-0.2, 0) is 0 Å². The van der Waals surface area contributed by atoms with Gasteiger partial charge in [0.2, 0.25) is 5.82 Å². The predicted octanol–water partition coefficient (Wildman–Crippen LogP) is 2.71. The number of hydrogen-bond donors (Lipinski definition) is 2. The third kappa shape index (κ3) is 2.19. The molecule has 19 heavy (non-hydrogen) atoms. The summed E-state index contributed by atoms with van der Waals surface area (Å²) >= 11 is 0. The van der Waals surface area contributed by atoms with E-state index in [0.29, 0.717) is 5.69 Å². The minimum Gasteiger partial charge on any atom is -0.496 e. The molecule has 0 unspecified atom stereocenters. The summed E-state index contributed by atoms with van der Waals surface area (Å²) in [6.07, 6.45) is 1.54. The first-order valence-corrected chi connectivity index (χ1v) is 5.89. The first-order chi connectivity index (χ1) is 8.95. The Labute approximate surface area is 111 Å². The molecule has 0 amide bonds. The van der Waals surface area contributed by atoms with E-state index < -0.39 is 5.97 Å². The van der Waals surface area contributed by atoms with Crippen LogP contribution in [0.4, 0.5) is 0 Å². The van der Waals surface area contributed by atoms with E-state index in [2.05, 4.69) is 9.97 Å². The van der Waals surface area contributed by atoms with Crippen LogP contribution < -0.4 is 4.74 Å². The number of nitrogens with one attached hydrogen (secondary N) is 1. The van der Waals surface area contributed by atoms with Gasteiger partial charge in [0.05, 0.1) is 19.0 Å². The molecule has 1 aromatic carbocycles. The number of benzene rings is 1. The van der Waals surface area contributed by atoms with Crippen LogP contribution in [0, 0.1) is 20.8 Å². The zero-order chi connectivity index (χ0) is 14.2. The van der Waals surface area contributed by atoms with E-state index in [1.54, 1.807) is 7.11 Å². The molecule has 1 heterocycles. The average Bonchev–Trinajstić information content (AvgIpc) is 2.84. The van der Waals surface area contributed by atoms with Crippen molar-refractivity contribution in [2.75, 3.05) is 7.11 Å². The van der Waals surface area contributed by atoms with E-state index >= 15 is 0 Å². The number of carboxylic acids is 1. The molecule has 2 aromatic rings. The van der Waals surface area contributed by atoms with Gasteiger partial charge >= 0.3 is 5.97 Å². The van der Waals surface area contributed by atoms with Gasteiger partial charge in [-0.05, 0) is 43.5 Å². The smallest absolute Gasteiger partial charge is 0.371 e. The van der Waals surface area contributed by atoms with Gasteiger partial charge in [-0.1, -0.05) is 0 Å². The number of aromatic amines is 1. The molecule has 1 aromatic heterocycles. The van der Waals surface area contributed by atoms with Crippen LogP contribution in [0.1, 0.15) is 27.3 Å². The number of imidazole rings is 1. The van der Waals surface area contributed by atoms with Crippen molar-refractivity contribution in [3.8, 4) is 17.0 Å². The molecular formula is C14H16N2O3. The van der Waals surface area contributed by atoms with Crippen molar-refractivity contribution in [3.63, 3.8) is 0 Å². The molecular weight excluding hydrogens is 244 g/mol. The molecule has 0 aliphatic carbocycles. The standard InChI is InChI=1S/C14H16N2O3/c1-7-5-10(8(2)9(3)12(7)19-4)11-6-15-13(16-11)14(17)18/h5-6H,1-4H3,(H,15,16)(H,17,18). The van der Waals surface area contributed by atoms with Crippen LogP contribution in [0.5, 0.6) is 5.75 Å². The van der Waals surface area contributed by atoms with Gasteiger partial charge in [0, 0.05) is 5.56 Å². The molecule has 0 atom stereocenters. The highest BCUT2D eigenvalue weighted by molar-refractivity contribution is 5.84. The Bertz CT molecular complexity index is 644. The molecule has 0 bridgehead atoms. The van der Waals surface area contributed by atoms with Crippen molar-refractivity contribution in [2.45, 2.75) is 20.8 Å². The number of hydrogen-bond acceptors (Lipinski definition) is 3. The normalized spacial score (nSPS) is 10.5. The minimum atomic E-state index is -1.06. The van der Waals surface area contributed by atoms with Crippen LogP contribution >= 0.6 is 0 Å². The second-order valence-electron chi connectivity index (χ2n) is 4.47. The summed E-state index contributed by atoms with van der Waals surface area (Å²) in [5.74, 6) is -0.259. The number of methoxy groups -OCH3 is 1. The lowest BCUT2D eigenvalue weighted by Crippen LogP contribution is -1.99. The molecule has 0 saturated heterocycles. The maximum Gasteiger partial charge on any atom is 0.371 e. The zero-order valence-electron chi connectivity index (χ0n) is 11.4. The average molecular weight is 260 g/mol. The van der Waals surface area contributed by atoms with E-state index in [1.165, 1.54) is 6.20 Å². The number of nitrogens with zero attached hydrogens (tertiary/aromatic N) is 1. The van der Waals surface area contributed by atoms with Crippen LogP contribution in [0.15, 0.2) is 12.3 Å². The third-order valence-corrected chi connectivity index (χ3v) is 3.30. The number of ether oxygens (including phenoxy) is 1. The molecule has 0 saturated carbocycles. The molecule has 0 aliphatic heterocycles. The summed E-state index contributed by atoms with van der Waals surface area (Å²) in [5, 5.41) is 8.89.